The van der Waals surface area contributed by atoms with Gasteiger partial charge in [-0.25, -0.2) is 4.79 Å². The fourth-order valence-electron chi connectivity index (χ4n) is 3.50. The van der Waals surface area contributed by atoms with Crippen LogP contribution in [0.3, 0.4) is 0 Å². The van der Waals surface area contributed by atoms with E-state index in [2.05, 4.69) is 16.0 Å². The number of nitrogens with zero attached hydrogens (tertiary/aromatic N) is 1. The van der Waals surface area contributed by atoms with E-state index in [1.165, 1.54) is 16.2 Å². The molecule has 5 amide bonds. The first-order chi connectivity index (χ1) is 14.3. The lowest BCUT2D eigenvalue weighted by Gasteiger charge is -2.29. The SMILES string of the molecule is Cc1ccc(NC(=O)NCc2cc3c(s2)CN(C2CCC(=O)NC2=O)C3=O)cc1Cl. The Morgan fingerprint density at radius 3 is 2.80 bits per heavy atom. The number of fused-ring (bicyclic) bond motifs is 1. The molecule has 0 saturated carbocycles. The average Bonchev–Trinajstić information content (AvgIpc) is 3.22. The Bertz CT molecular complexity index is 1070. The highest BCUT2D eigenvalue weighted by Crippen LogP contribution is 2.33. The number of imide groups is 1. The molecule has 0 spiro atoms. The van der Waals surface area contributed by atoms with Gasteiger partial charge < -0.3 is 15.5 Å². The van der Waals surface area contributed by atoms with Gasteiger partial charge in [0.2, 0.25) is 11.8 Å². The van der Waals surface area contributed by atoms with Crippen molar-refractivity contribution in [3.05, 3.63) is 50.2 Å². The summed E-state index contributed by atoms with van der Waals surface area (Å²) >= 11 is 7.49. The molecule has 3 N–H and O–H groups in total. The molecular weight excluding hydrogens is 428 g/mol. The summed E-state index contributed by atoms with van der Waals surface area (Å²) in [4.78, 5) is 51.5. The first kappa shape index (κ1) is 20.4. The summed E-state index contributed by atoms with van der Waals surface area (Å²) in [7, 11) is 0. The number of benzene rings is 1. The van der Waals surface area contributed by atoms with Crippen LogP contribution in [0.4, 0.5) is 10.5 Å². The Labute approximate surface area is 181 Å². The lowest BCUT2D eigenvalue weighted by atomic mass is 10.0. The molecule has 0 radical (unpaired) electrons. The first-order valence-electron chi connectivity index (χ1n) is 9.39. The van der Waals surface area contributed by atoms with Crippen LogP contribution < -0.4 is 16.0 Å². The average molecular weight is 447 g/mol. The van der Waals surface area contributed by atoms with Crippen molar-refractivity contribution < 1.29 is 19.2 Å². The largest absolute Gasteiger partial charge is 0.333 e. The van der Waals surface area contributed by atoms with Gasteiger partial charge in [0, 0.05) is 26.9 Å². The third kappa shape index (κ3) is 4.03. The second kappa shape index (κ2) is 8.08. The van der Waals surface area contributed by atoms with Crippen LogP contribution in [0.15, 0.2) is 24.3 Å². The van der Waals surface area contributed by atoms with E-state index in [4.69, 9.17) is 11.6 Å². The smallest absolute Gasteiger partial charge is 0.319 e. The van der Waals surface area contributed by atoms with Crippen LogP contribution in [0, 0.1) is 6.92 Å². The predicted molar refractivity (Wildman–Crippen MR) is 112 cm³/mol. The maximum atomic E-state index is 12.7. The monoisotopic (exact) mass is 446 g/mol. The molecule has 156 valence electrons. The zero-order valence-corrected chi connectivity index (χ0v) is 17.7. The molecule has 1 atom stereocenters. The van der Waals surface area contributed by atoms with E-state index in [1.807, 2.05) is 13.0 Å². The third-order valence-electron chi connectivity index (χ3n) is 5.10. The molecule has 1 unspecified atom stereocenters. The molecule has 4 rings (SSSR count). The zero-order valence-electron chi connectivity index (χ0n) is 16.1. The van der Waals surface area contributed by atoms with Gasteiger partial charge >= 0.3 is 6.03 Å². The van der Waals surface area contributed by atoms with Crippen molar-refractivity contribution in [2.45, 2.75) is 38.9 Å². The topological polar surface area (TPSA) is 108 Å². The molecule has 2 aliphatic rings. The number of carbonyl (C=O) groups excluding carboxylic acids is 4. The van der Waals surface area contributed by atoms with Gasteiger partial charge in [-0.05, 0) is 37.1 Å². The molecule has 0 bridgehead atoms. The Hall–Kier alpha value is -2.91. The van der Waals surface area contributed by atoms with Crippen LogP contribution in [0.1, 0.15) is 38.5 Å². The van der Waals surface area contributed by atoms with E-state index in [0.717, 1.165) is 15.3 Å². The van der Waals surface area contributed by atoms with E-state index in [9.17, 15) is 19.2 Å². The van der Waals surface area contributed by atoms with Gasteiger partial charge in [-0.15, -0.1) is 11.3 Å². The summed E-state index contributed by atoms with van der Waals surface area (Å²) in [5.74, 6) is -0.956. The minimum absolute atomic E-state index is 0.222. The van der Waals surface area contributed by atoms with Crippen molar-refractivity contribution in [1.82, 2.24) is 15.5 Å². The fraction of sp³-hybridized carbons (Fsp3) is 0.300. The number of hydrogen-bond donors (Lipinski definition) is 3. The van der Waals surface area contributed by atoms with Crippen LogP contribution >= 0.6 is 22.9 Å². The number of aryl methyl sites for hydroxylation is 1. The van der Waals surface area contributed by atoms with Crippen molar-refractivity contribution in [2.24, 2.45) is 0 Å². The summed E-state index contributed by atoms with van der Waals surface area (Å²) in [6.07, 6.45) is 0.563. The van der Waals surface area contributed by atoms with E-state index in [0.29, 0.717) is 29.2 Å². The van der Waals surface area contributed by atoms with Crippen LogP contribution in [0.25, 0.3) is 0 Å². The number of hydrogen-bond acceptors (Lipinski definition) is 5. The van der Waals surface area contributed by atoms with Crippen molar-refractivity contribution in [2.75, 3.05) is 5.32 Å². The second-order valence-corrected chi connectivity index (χ2v) is 8.85. The Morgan fingerprint density at radius 2 is 2.10 bits per heavy atom. The minimum atomic E-state index is -0.622. The Kier molecular flexibility index (Phi) is 5.48. The van der Waals surface area contributed by atoms with Crippen LogP contribution in [0.5, 0.6) is 0 Å². The van der Waals surface area contributed by atoms with Crippen molar-refractivity contribution >= 4 is 52.4 Å². The number of urea groups is 1. The van der Waals surface area contributed by atoms with Crippen LogP contribution in [0.2, 0.25) is 5.02 Å². The number of nitrogens with one attached hydrogen (secondary N) is 3. The second-order valence-electron chi connectivity index (χ2n) is 7.22. The number of thiophene rings is 1. The van der Waals surface area contributed by atoms with E-state index < -0.39 is 11.9 Å². The Morgan fingerprint density at radius 1 is 1.30 bits per heavy atom. The molecule has 2 aliphatic heterocycles. The summed E-state index contributed by atoms with van der Waals surface area (Å²) in [5.41, 5.74) is 2.06. The first-order valence-corrected chi connectivity index (χ1v) is 10.6. The lowest BCUT2D eigenvalue weighted by molar-refractivity contribution is -0.136. The molecule has 8 nitrogen and oxygen atoms in total. The van der Waals surface area contributed by atoms with Gasteiger partial charge in [0.25, 0.3) is 5.91 Å². The van der Waals surface area contributed by atoms with Crippen molar-refractivity contribution in [3.8, 4) is 0 Å². The summed E-state index contributed by atoms with van der Waals surface area (Å²) < 4.78 is 0. The fourth-order valence-corrected chi connectivity index (χ4v) is 4.77. The van der Waals surface area contributed by atoms with Gasteiger partial charge in [0.05, 0.1) is 18.7 Å². The summed E-state index contributed by atoms with van der Waals surface area (Å²) in [6.45, 7) is 2.48. The molecule has 30 heavy (non-hydrogen) atoms. The van der Waals surface area contributed by atoms with E-state index >= 15 is 0 Å². The third-order valence-corrected chi connectivity index (χ3v) is 6.63. The van der Waals surface area contributed by atoms with Crippen molar-refractivity contribution in [1.29, 1.82) is 0 Å². The number of amides is 5. The molecule has 1 fully saturated rings. The predicted octanol–water partition coefficient (Wildman–Crippen LogP) is 2.79. The number of piperidine rings is 1. The number of rotatable bonds is 4. The highest BCUT2D eigenvalue weighted by atomic mass is 35.5. The Balaban J connectivity index is 1.34. The number of anilines is 1. The minimum Gasteiger partial charge on any atom is -0.333 e. The molecule has 1 aromatic heterocycles. The molecule has 2 aromatic rings. The number of halogens is 1. The van der Waals surface area contributed by atoms with Gasteiger partial charge in [0.15, 0.2) is 0 Å². The van der Waals surface area contributed by atoms with Gasteiger partial charge in [-0.1, -0.05) is 17.7 Å². The molecule has 3 heterocycles. The maximum absolute atomic E-state index is 12.7. The molecule has 10 heteroatoms. The lowest BCUT2D eigenvalue weighted by Crippen LogP contribution is -2.52. The number of carbonyl (C=O) groups is 4. The van der Waals surface area contributed by atoms with Crippen molar-refractivity contribution in [3.63, 3.8) is 0 Å². The summed E-state index contributed by atoms with van der Waals surface area (Å²) in [6, 6.07) is 6.02. The van der Waals surface area contributed by atoms with Gasteiger partial charge in [-0.2, -0.15) is 0 Å². The standard InChI is InChI=1S/C20H19ClN4O4S/c1-10-2-3-11(6-14(10)21)23-20(29)22-8-12-7-13-16(30-12)9-25(19(13)28)15-4-5-17(26)24-18(15)27/h2-3,6-7,15H,4-5,8-9H2,1H3,(H2,22,23,29)(H,24,26,27). The zero-order chi connectivity index (χ0) is 21.4. The van der Waals surface area contributed by atoms with E-state index in [-0.39, 0.29) is 30.8 Å². The quantitative estimate of drug-likeness (QED) is 0.627. The van der Waals surface area contributed by atoms with Gasteiger partial charge in [-0.3, -0.25) is 19.7 Å². The highest BCUT2D eigenvalue weighted by Gasteiger charge is 2.40. The molecule has 0 aliphatic carbocycles. The molecule has 1 saturated heterocycles. The molecular formula is C20H19ClN4O4S. The van der Waals surface area contributed by atoms with Gasteiger partial charge in [0.1, 0.15) is 6.04 Å². The van der Waals surface area contributed by atoms with Crippen LogP contribution in [-0.2, 0) is 22.7 Å². The normalized spacial score (nSPS) is 18.3. The van der Waals surface area contributed by atoms with E-state index in [1.54, 1.807) is 18.2 Å². The van der Waals surface area contributed by atoms with Crippen LogP contribution in [-0.4, -0.2) is 34.7 Å². The molecule has 1 aromatic carbocycles. The highest BCUT2D eigenvalue weighted by molar-refractivity contribution is 7.12. The summed E-state index contributed by atoms with van der Waals surface area (Å²) in [5, 5.41) is 8.34. The maximum Gasteiger partial charge on any atom is 0.319 e.